The van der Waals surface area contributed by atoms with Crippen molar-refractivity contribution in [3.63, 3.8) is 0 Å². The molecule has 0 aliphatic rings. The van der Waals surface area contributed by atoms with Crippen LogP contribution in [0.3, 0.4) is 0 Å². The van der Waals surface area contributed by atoms with Crippen molar-refractivity contribution in [1.29, 1.82) is 0 Å². The zero-order valence-corrected chi connectivity index (χ0v) is 8.21. The number of alkyl halides is 3. The fourth-order valence-corrected chi connectivity index (χ4v) is 1.05. The van der Waals surface area contributed by atoms with E-state index in [1.54, 1.807) is 6.92 Å². The normalized spacial score (nSPS) is 11.2. The third-order valence-corrected chi connectivity index (χ3v) is 1.71. The van der Waals surface area contributed by atoms with Gasteiger partial charge in [0.2, 0.25) is 5.82 Å². The maximum atomic E-state index is 12.3. The van der Waals surface area contributed by atoms with Crippen molar-refractivity contribution in [3.05, 3.63) is 27.9 Å². The molecule has 0 spiro atoms. The van der Waals surface area contributed by atoms with Crippen molar-refractivity contribution in [2.45, 2.75) is 13.1 Å². The monoisotopic (exact) mass is 235 g/mol. The first-order chi connectivity index (χ1) is 7.36. The van der Waals surface area contributed by atoms with Crippen molar-refractivity contribution in [2.24, 2.45) is 0 Å². The highest BCUT2D eigenvalue weighted by Crippen LogP contribution is 2.31. The number of hydrogen-bond acceptors (Lipinski definition) is 4. The molecule has 1 N–H and O–H groups in total. The van der Waals surface area contributed by atoms with E-state index in [1.165, 1.54) is 0 Å². The molecule has 0 unspecified atom stereocenters. The molecular formula is C8H8F3N3O2. The molecule has 1 aromatic heterocycles. The molecule has 0 fully saturated rings. The van der Waals surface area contributed by atoms with Crippen molar-refractivity contribution in [2.75, 3.05) is 11.9 Å². The Morgan fingerprint density at radius 3 is 2.56 bits per heavy atom. The average molecular weight is 235 g/mol. The largest absolute Gasteiger partial charge is 0.433 e. The Morgan fingerprint density at radius 1 is 1.50 bits per heavy atom. The minimum Gasteiger partial charge on any atom is -0.365 e. The first-order valence-electron chi connectivity index (χ1n) is 4.32. The van der Waals surface area contributed by atoms with Gasteiger partial charge in [-0.25, -0.2) is 4.98 Å². The molecule has 1 heterocycles. The highest BCUT2D eigenvalue weighted by atomic mass is 19.4. The van der Waals surface area contributed by atoms with E-state index in [9.17, 15) is 23.3 Å². The van der Waals surface area contributed by atoms with Crippen LogP contribution in [0.2, 0.25) is 0 Å². The lowest BCUT2D eigenvalue weighted by Gasteiger charge is -2.08. The van der Waals surface area contributed by atoms with Gasteiger partial charge in [-0.3, -0.25) is 10.1 Å². The molecule has 8 heteroatoms. The Morgan fingerprint density at radius 2 is 2.12 bits per heavy atom. The van der Waals surface area contributed by atoms with E-state index in [-0.39, 0.29) is 12.4 Å². The van der Waals surface area contributed by atoms with Crippen molar-refractivity contribution >= 4 is 11.5 Å². The number of nitrogens with one attached hydrogen (secondary N) is 1. The van der Waals surface area contributed by atoms with Crippen LogP contribution in [0.4, 0.5) is 24.7 Å². The maximum Gasteiger partial charge on any atom is 0.433 e. The number of pyridine rings is 1. The summed E-state index contributed by atoms with van der Waals surface area (Å²) in [4.78, 5) is 12.9. The fraction of sp³-hybridized carbons (Fsp3) is 0.375. The minimum atomic E-state index is -4.61. The second-order valence-corrected chi connectivity index (χ2v) is 2.85. The SMILES string of the molecule is CCNc1nc(C(F)(F)F)ccc1[N+](=O)[O-]. The fourth-order valence-electron chi connectivity index (χ4n) is 1.05. The molecule has 88 valence electrons. The van der Waals surface area contributed by atoms with Crippen LogP contribution >= 0.6 is 0 Å². The van der Waals surface area contributed by atoms with E-state index in [2.05, 4.69) is 10.3 Å². The summed E-state index contributed by atoms with van der Waals surface area (Å²) >= 11 is 0. The van der Waals surface area contributed by atoms with Crippen LogP contribution in [0.1, 0.15) is 12.6 Å². The Bertz CT molecular complexity index is 406. The van der Waals surface area contributed by atoms with Crippen molar-refractivity contribution in [3.8, 4) is 0 Å². The van der Waals surface area contributed by atoms with Crippen molar-refractivity contribution < 1.29 is 18.1 Å². The van der Waals surface area contributed by atoms with Gasteiger partial charge in [0.25, 0.3) is 0 Å². The Kier molecular flexibility index (Phi) is 3.31. The van der Waals surface area contributed by atoms with Gasteiger partial charge in [-0.2, -0.15) is 13.2 Å². The standard InChI is InChI=1S/C8H8F3N3O2/c1-2-12-7-5(14(15)16)3-4-6(13-7)8(9,10)11/h3-4H,2H2,1H3,(H,12,13). The number of anilines is 1. The molecule has 5 nitrogen and oxygen atoms in total. The van der Waals surface area contributed by atoms with Crippen LogP contribution in [0.5, 0.6) is 0 Å². The smallest absolute Gasteiger partial charge is 0.365 e. The number of halogens is 3. The van der Waals surface area contributed by atoms with Gasteiger partial charge in [-0.1, -0.05) is 0 Å². The first kappa shape index (κ1) is 12.2. The van der Waals surface area contributed by atoms with Gasteiger partial charge in [0.1, 0.15) is 5.69 Å². The average Bonchev–Trinajstić information content (AvgIpc) is 2.16. The molecule has 16 heavy (non-hydrogen) atoms. The molecule has 0 radical (unpaired) electrons. The number of rotatable bonds is 3. The molecule has 1 aromatic rings. The minimum absolute atomic E-state index is 0.245. The molecule has 0 saturated heterocycles. The molecule has 0 saturated carbocycles. The second kappa shape index (κ2) is 4.33. The summed E-state index contributed by atoms with van der Waals surface area (Å²) in [5, 5.41) is 12.9. The molecule has 0 aromatic carbocycles. The lowest BCUT2D eigenvalue weighted by atomic mass is 10.3. The summed E-state index contributed by atoms with van der Waals surface area (Å²) in [6.07, 6.45) is -4.61. The zero-order valence-electron chi connectivity index (χ0n) is 8.21. The Hall–Kier alpha value is -1.86. The highest BCUT2D eigenvalue weighted by Gasteiger charge is 2.34. The van der Waals surface area contributed by atoms with Crippen LogP contribution in [0.25, 0.3) is 0 Å². The molecular weight excluding hydrogens is 227 g/mol. The van der Waals surface area contributed by atoms with E-state index in [0.717, 1.165) is 6.07 Å². The summed E-state index contributed by atoms with van der Waals surface area (Å²) < 4.78 is 36.8. The van der Waals surface area contributed by atoms with E-state index in [4.69, 9.17) is 0 Å². The lowest BCUT2D eigenvalue weighted by molar-refractivity contribution is -0.384. The molecule has 0 aliphatic carbocycles. The predicted octanol–water partition coefficient (Wildman–Crippen LogP) is 2.44. The lowest BCUT2D eigenvalue weighted by Crippen LogP contribution is -2.11. The number of hydrogen-bond donors (Lipinski definition) is 1. The van der Waals surface area contributed by atoms with Gasteiger partial charge in [0.15, 0.2) is 0 Å². The van der Waals surface area contributed by atoms with Crippen LogP contribution in [-0.2, 0) is 6.18 Å². The van der Waals surface area contributed by atoms with Gasteiger partial charge in [0.05, 0.1) is 4.92 Å². The second-order valence-electron chi connectivity index (χ2n) is 2.85. The van der Waals surface area contributed by atoms with E-state index in [0.29, 0.717) is 6.07 Å². The van der Waals surface area contributed by atoms with Crippen LogP contribution in [-0.4, -0.2) is 16.5 Å². The molecule has 0 atom stereocenters. The van der Waals surface area contributed by atoms with Crippen LogP contribution in [0.15, 0.2) is 12.1 Å². The summed E-state index contributed by atoms with van der Waals surface area (Å²) in [5.41, 5.74) is -1.64. The number of aromatic nitrogens is 1. The van der Waals surface area contributed by atoms with Gasteiger partial charge in [0, 0.05) is 12.6 Å². The van der Waals surface area contributed by atoms with Gasteiger partial charge >= 0.3 is 11.9 Å². The highest BCUT2D eigenvalue weighted by molar-refractivity contribution is 5.56. The Labute approximate surface area is 88.4 Å². The van der Waals surface area contributed by atoms with Crippen LogP contribution < -0.4 is 5.32 Å². The topological polar surface area (TPSA) is 68.1 Å². The predicted molar refractivity (Wildman–Crippen MR) is 50.1 cm³/mol. The zero-order chi connectivity index (χ0) is 12.3. The molecule has 0 bridgehead atoms. The molecule has 0 amide bonds. The van der Waals surface area contributed by atoms with Gasteiger partial charge in [-0.05, 0) is 13.0 Å². The summed E-state index contributed by atoms with van der Waals surface area (Å²) in [5.74, 6) is -0.373. The molecule has 1 rings (SSSR count). The molecule has 0 aliphatic heterocycles. The van der Waals surface area contributed by atoms with Crippen LogP contribution in [0, 0.1) is 10.1 Å². The quantitative estimate of drug-likeness (QED) is 0.645. The Balaban J connectivity index is 3.22. The third kappa shape index (κ3) is 2.59. The maximum absolute atomic E-state index is 12.3. The van der Waals surface area contributed by atoms with E-state index < -0.39 is 22.5 Å². The van der Waals surface area contributed by atoms with E-state index >= 15 is 0 Å². The van der Waals surface area contributed by atoms with Crippen molar-refractivity contribution in [1.82, 2.24) is 4.98 Å². The van der Waals surface area contributed by atoms with Gasteiger partial charge in [-0.15, -0.1) is 0 Å². The summed E-state index contributed by atoms with van der Waals surface area (Å²) in [7, 11) is 0. The van der Waals surface area contributed by atoms with Gasteiger partial charge < -0.3 is 5.32 Å². The number of nitro groups is 1. The summed E-state index contributed by atoms with van der Waals surface area (Å²) in [6, 6.07) is 1.37. The third-order valence-electron chi connectivity index (χ3n) is 1.71. The number of nitrogens with zero attached hydrogens (tertiary/aromatic N) is 2. The van der Waals surface area contributed by atoms with E-state index in [1.807, 2.05) is 0 Å². The summed E-state index contributed by atoms with van der Waals surface area (Å²) in [6.45, 7) is 1.85. The first-order valence-corrected chi connectivity index (χ1v) is 4.32.